The van der Waals surface area contributed by atoms with Crippen molar-refractivity contribution in [3.63, 3.8) is 0 Å². The fraction of sp³-hybridized carbons (Fsp3) is 0.273. The van der Waals surface area contributed by atoms with Gasteiger partial charge < -0.3 is 14.8 Å². The molecule has 5 nitrogen and oxygen atoms in total. The van der Waals surface area contributed by atoms with Crippen LogP contribution in [0.3, 0.4) is 0 Å². The second-order valence-corrected chi connectivity index (χ2v) is 10.8. The van der Waals surface area contributed by atoms with Gasteiger partial charge in [-0.1, -0.05) is 66.2 Å². The van der Waals surface area contributed by atoms with Gasteiger partial charge in [0.2, 0.25) is 0 Å². The van der Waals surface area contributed by atoms with Crippen LogP contribution in [0, 0.1) is 0 Å². The van der Waals surface area contributed by atoms with Crippen LogP contribution in [0.4, 0.5) is 0 Å². The lowest BCUT2D eigenvalue weighted by molar-refractivity contribution is -0.143. The molecule has 0 bridgehead atoms. The number of dihydropyridines is 1. The topological polar surface area (TPSA) is 64.6 Å². The molecule has 1 aliphatic carbocycles. The van der Waals surface area contributed by atoms with Crippen molar-refractivity contribution >= 4 is 23.4 Å². The number of Topliss-reactive ketones (excluding diaryl/α,β-unsaturated/α-hetero) is 1. The molecule has 0 radical (unpaired) electrons. The van der Waals surface area contributed by atoms with Crippen LogP contribution in [0.2, 0.25) is 5.02 Å². The van der Waals surface area contributed by atoms with E-state index in [0.29, 0.717) is 41.3 Å². The van der Waals surface area contributed by atoms with Crippen molar-refractivity contribution in [3.8, 4) is 5.75 Å². The van der Waals surface area contributed by atoms with Gasteiger partial charge in [-0.3, -0.25) is 4.79 Å². The van der Waals surface area contributed by atoms with Crippen LogP contribution >= 0.6 is 11.6 Å². The summed E-state index contributed by atoms with van der Waals surface area (Å²) in [5.41, 5.74) is 5.68. The summed E-state index contributed by atoms with van der Waals surface area (Å²) in [5.74, 6) is -0.152. The number of nitrogens with one attached hydrogen (secondary N) is 1. The number of ether oxygens (including phenoxy) is 2. The number of hydrogen-bond acceptors (Lipinski definition) is 5. The van der Waals surface area contributed by atoms with Crippen LogP contribution in [-0.4, -0.2) is 17.9 Å². The predicted molar refractivity (Wildman–Crippen MR) is 152 cm³/mol. The highest BCUT2D eigenvalue weighted by Crippen LogP contribution is 2.46. The van der Waals surface area contributed by atoms with E-state index in [2.05, 4.69) is 5.32 Å². The molecule has 3 aromatic rings. The van der Waals surface area contributed by atoms with Crippen molar-refractivity contribution in [3.05, 3.63) is 123 Å². The third kappa shape index (κ3) is 5.94. The van der Waals surface area contributed by atoms with Gasteiger partial charge in [0, 0.05) is 34.3 Å². The summed E-state index contributed by atoms with van der Waals surface area (Å²) in [6, 6.07) is 25.3. The number of esters is 1. The number of halogens is 1. The molecular weight excluding hydrogens is 510 g/mol. The molecule has 0 aromatic heterocycles. The van der Waals surface area contributed by atoms with Crippen molar-refractivity contribution in [1.29, 1.82) is 0 Å². The maximum Gasteiger partial charge on any atom is 0.337 e. The van der Waals surface area contributed by atoms with Crippen LogP contribution in [0.25, 0.3) is 0 Å². The normalized spacial score (nSPS) is 19.1. The second kappa shape index (κ2) is 11.5. The first-order chi connectivity index (χ1) is 18.8. The first-order valence-electron chi connectivity index (χ1n) is 13.3. The summed E-state index contributed by atoms with van der Waals surface area (Å²) in [4.78, 5) is 27.1. The van der Waals surface area contributed by atoms with Crippen molar-refractivity contribution in [1.82, 2.24) is 5.32 Å². The number of allylic oxidation sites excluding steroid dienone is 3. The van der Waals surface area contributed by atoms with Crippen LogP contribution in [-0.2, 0) is 20.9 Å². The lowest BCUT2D eigenvalue weighted by Crippen LogP contribution is -2.36. The molecular formula is C33H32ClNO4. The maximum atomic E-state index is 13.8. The summed E-state index contributed by atoms with van der Waals surface area (Å²) in [6.07, 6.45) is 0.753. The molecule has 0 spiro atoms. The Morgan fingerprint density at radius 2 is 1.62 bits per heavy atom. The zero-order valence-electron chi connectivity index (χ0n) is 22.4. The van der Waals surface area contributed by atoms with Crippen molar-refractivity contribution < 1.29 is 19.1 Å². The number of benzene rings is 3. The Hall–Kier alpha value is -3.83. The minimum absolute atomic E-state index is 0.0282. The van der Waals surface area contributed by atoms with Gasteiger partial charge in [-0.25, -0.2) is 4.79 Å². The quantitative estimate of drug-likeness (QED) is 0.320. The maximum absolute atomic E-state index is 13.8. The third-order valence-electron chi connectivity index (χ3n) is 7.19. The molecule has 5 rings (SSSR count). The highest BCUT2D eigenvalue weighted by atomic mass is 35.5. The Kier molecular flexibility index (Phi) is 7.89. The van der Waals surface area contributed by atoms with Gasteiger partial charge in [0.15, 0.2) is 5.78 Å². The van der Waals surface area contributed by atoms with Crippen molar-refractivity contribution in [2.24, 2.45) is 0 Å². The molecule has 1 aliphatic heterocycles. The van der Waals surface area contributed by atoms with E-state index in [4.69, 9.17) is 21.1 Å². The van der Waals surface area contributed by atoms with Crippen molar-refractivity contribution in [2.45, 2.75) is 58.2 Å². The third-order valence-corrected chi connectivity index (χ3v) is 7.45. The van der Waals surface area contributed by atoms with E-state index < -0.39 is 11.9 Å². The van der Waals surface area contributed by atoms with Gasteiger partial charge in [-0.05, 0) is 74.1 Å². The molecule has 200 valence electrons. The molecule has 1 heterocycles. The summed E-state index contributed by atoms with van der Waals surface area (Å²) in [6.45, 7) is 5.98. The molecule has 1 N–H and O–H groups in total. The molecule has 39 heavy (non-hydrogen) atoms. The van der Waals surface area contributed by atoms with E-state index >= 15 is 0 Å². The summed E-state index contributed by atoms with van der Waals surface area (Å²) >= 11 is 6.09. The SMILES string of the molecule is CC1=C(C(=O)OC(C)C)[C@@H](c2ccc(OCc3ccccc3)cc2)C2=C(C[C@@H](c3ccc(Cl)cc3)CC2=O)N1. The standard InChI is InChI=1S/C33H32ClNO4/c1-20(2)39-33(37)30-21(3)35-28-17-25(23-9-13-26(34)14-10-23)18-29(36)32(28)31(30)24-11-15-27(16-12-24)38-19-22-7-5-4-6-8-22/h4-16,20,25,31,35H,17-19H2,1-3H3/t25-,31-/m1/s1. The molecule has 0 saturated carbocycles. The fourth-order valence-electron chi connectivity index (χ4n) is 5.39. The molecule has 0 saturated heterocycles. The minimum atomic E-state index is -0.519. The van der Waals surface area contributed by atoms with Gasteiger partial charge in [0.1, 0.15) is 12.4 Å². The smallest absolute Gasteiger partial charge is 0.337 e. The number of hydrogen-bond donors (Lipinski definition) is 1. The summed E-state index contributed by atoms with van der Waals surface area (Å²) in [5, 5.41) is 4.07. The Balaban J connectivity index is 1.48. The van der Waals surface area contributed by atoms with Crippen LogP contribution in [0.5, 0.6) is 5.75 Å². The Morgan fingerprint density at radius 3 is 2.28 bits per heavy atom. The molecule has 0 amide bonds. The number of rotatable bonds is 7. The number of carbonyl (C=O) groups is 2. The van der Waals surface area contributed by atoms with Gasteiger partial charge in [0.25, 0.3) is 0 Å². The first kappa shape index (κ1) is 26.8. The van der Waals surface area contributed by atoms with Crippen LogP contribution < -0.4 is 10.1 Å². The van der Waals surface area contributed by atoms with Crippen molar-refractivity contribution in [2.75, 3.05) is 0 Å². The van der Waals surface area contributed by atoms with Gasteiger partial charge in [0.05, 0.1) is 11.7 Å². The zero-order chi connectivity index (χ0) is 27.5. The Morgan fingerprint density at radius 1 is 0.949 bits per heavy atom. The Labute approximate surface area is 234 Å². The molecule has 3 aromatic carbocycles. The highest BCUT2D eigenvalue weighted by Gasteiger charge is 2.41. The first-order valence-corrected chi connectivity index (χ1v) is 13.6. The molecule has 0 unspecified atom stereocenters. The molecule has 2 aliphatic rings. The van der Waals surface area contributed by atoms with Gasteiger partial charge >= 0.3 is 5.97 Å². The molecule has 0 fully saturated rings. The van der Waals surface area contributed by atoms with E-state index in [0.717, 1.165) is 28.1 Å². The molecule has 6 heteroatoms. The monoisotopic (exact) mass is 541 g/mol. The Bertz CT molecular complexity index is 1420. The highest BCUT2D eigenvalue weighted by molar-refractivity contribution is 6.30. The summed E-state index contributed by atoms with van der Waals surface area (Å²) in [7, 11) is 0. The number of carbonyl (C=O) groups excluding carboxylic acids is 2. The van der Waals surface area contributed by atoms with E-state index in [1.807, 2.05) is 99.6 Å². The fourth-order valence-corrected chi connectivity index (χ4v) is 5.51. The average molecular weight is 542 g/mol. The van der Waals surface area contributed by atoms with E-state index in [1.165, 1.54) is 0 Å². The zero-order valence-corrected chi connectivity index (χ0v) is 23.1. The van der Waals surface area contributed by atoms with Gasteiger partial charge in [-0.2, -0.15) is 0 Å². The summed E-state index contributed by atoms with van der Waals surface area (Å²) < 4.78 is 11.6. The van der Waals surface area contributed by atoms with Crippen LogP contribution in [0.15, 0.2) is 101 Å². The predicted octanol–water partition coefficient (Wildman–Crippen LogP) is 7.23. The molecule has 2 atom stereocenters. The van der Waals surface area contributed by atoms with E-state index in [-0.39, 0.29) is 17.8 Å². The lowest BCUT2D eigenvalue weighted by atomic mass is 9.71. The van der Waals surface area contributed by atoms with Gasteiger partial charge in [-0.15, -0.1) is 0 Å². The minimum Gasteiger partial charge on any atom is -0.489 e. The van der Waals surface area contributed by atoms with E-state index in [1.54, 1.807) is 0 Å². The van der Waals surface area contributed by atoms with E-state index in [9.17, 15) is 9.59 Å². The average Bonchev–Trinajstić information content (AvgIpc) is 2.92. The lowest BCUT2D eigenvalue weighted by Gasteiger charge is -2.37. The second-order valence-electron chi connectivity index (χ2n) is 10.4. The largest absolute Gasteiger partial charge is 0.489 e. The van der Waals surface area contributed by atoms with Crippen LogP contribution in [0.1, 0.15) is 62.1 Å². The number of ketones is 1.